The molecular weight excluding hydrogens is 220 g/mol. The van der Waals surface area contributed by atoms with Crippen LogP contribution >= 0.6 is 0 Å². The number of hydrogen-bond donors (Lipinski definition) is 0. The molecule has 0 bridgehead atoms. The van der Waals surface area contributed by atoms with Crippen molar-refractivity contribution < 1.29 is 38.2 Å². The smallest absolute Gasteiger partial charge is 1.00 e. The molecule has 0 saturated carbocycles. The molecule has 0 amide bonds. The van der Waals surface area contributed by atoms with E-state index in [-0.39, 0.29) is 12.4 Å². The van der Waals surface area contributed by atoms with Crippen LogP contribution in [0.25, 0.3) is 0 Å². The fourth-order valence-electron chi connectivity index (χ4n) is 0.604. The van der Waals surface area contributed by atoms with Gasteiger partial charge in [0, 0.05) is 0 Å². The topological polar surface area (TPSA) is 0 Å². The summed E-state index contributed by atoms with van der Waals surface area (Å²) < 4.78 is 1.53. The number of rotatable bonds is 4. The van der Waals surface area contributed by atoms with E-state index >= 15 is 0 Å². The van der Waals surface area contributed by atoms with Gasteiger partial charge >= 0.3 is 62.4 Å². The van der Waals surface area contributed by atoms with Gasteiger partial charge in [0.1, 0.15) is 0 Å². The van der Waals surface area contributed by atoms with Gasteiger partial charge in [0.05, 0.1) is 0 Å². The van der Waals surface area contributed by atoms with Crippen LogP contribution in [-0.4, -0.2) is 0 Å². The summed E-state index contributed by atoms with van der Waals surface area (Å²) in [6, 6.07) is 0. The quantitative estimate of drug-likeness (QED) is 0.455. The second-order valence-electron chi connectivity index (χ2n) is 1.91. The Hall–Kier alpha value is 1.21. The molecule has 8 heavy (non-hydrogen) atoms. The van der Waals surface area contributed by atoms with E-state index in [1.165, 1.54) is 55.4 Å². The van der Waals surface area contributed by atoms with Crippen LogP contribution in [0.1, 0.15) is 32.6 Å². The van der Waals surface area contributed by atoms with Crippen LogP contribution in [0.5, 0.6) is 0 Å². The zero-order chi connectivity index (χ0) is 5.54. The van der Waals surface area contributed by atoms with Crippen LogP contribution in [0.3, 0.4) is 0 Å². The van der Waals surface area contributed by atoms with Gasteiger partial charge in [-0.05, 0) is 0 Å². The summed E-state index contributed by atoms with van der Waals surface area (Å²) in [5.74, 6) is 0. The van der Waals surface area contributed by atoms with Crippen molar-refractivity contribution in [3.05, 3.63) is 0 Å². The van der Waals surface area contributed by atoms with E-state index in [0.717, 1.165) is 0 Å². The fraction of sp³-hybridized carbons (Fsp3) is 1.00. The van der Waals surface area contributed by atoms with Crippen molar-refractivity contribution in [1.82, 2.24) is 0 Å². The van der Waals surface area contributed by atoms with Crippen molar-refractivity contribution in [3.63, 3.8) is 0 Å². The van der Waals surface area contributed by atoms with E-state index in [2.05, 4.69) is 6.92 Å². The minimum atomic E-state index is 0. The van der Waals surface area contributed by atoms with Gasteiger partial charge in [0.15, 0.2) is 0 Å². The summed E-state index contributed by atoms with van der Waals surface area (Å²) in [5.41, 5.74) is 0. The molecule has 0 aromatic carbocycles. The molecule has 0 aliphatic heterocycles. The van der Waals surface area contributed by atoms with Gasteiger partial charge in [-0.1, -0.05) is 0 Å². The number of hydrogen-bond acceptors (Lipinski definition) is 0. The van der Waals surface area contributed by atoms with Crippen LogP contribution in [0.2, 0.25) is 3.98 Å². The van der Waals surface area contributed by atoms with E-state index in [1.54, 1.807) is 0 Å². The van der Waals surface area contributed by atoms with Gasteiger partial charge < -0.3 is 12.4 Å². The molecule has 2 heteroatoms. The Morgan fingerprint density at radius 1 is 1.12 bits per heavy atom. The first-order chi connectivity index (χ1) is 3.41. The third-order valence-electron chi connectivity index (χ3n) is 1.10. The first kappa shape index (κ1) is 11.9. The fourth-order valence-corrected chi connectivity index (χ4v) is 1.61. The first-order valence-electron chi connectivity index (χ1n) is 3.21. The molecule has 46 valence electrons. The summed E-state index contributed by atoms with van der Waals surface area (Å²) in [4.78, 5) is 0. The third kappa shape index (κ3) is 10.2. The molecule has 0 aromatic rings. The molecule has 0 spiro atoms. The van der Waals surface area contributed by atoms with Crippen LogP contribution in [0, 0.1) is 0 Å². The molecule has 0 radical (unpaired) electrons. The zero-order valence-corrected chi connectivity index (χ0v) is 10.4. The Morgan fingerprint density at radius 2 is 1.75 bits per heavy atom. The van der Waals surface area contributed by atoms with E-state index in [0.29, 0.717) is 0 Å². The number of halogens is 1. The van der Waals surface area contributed by atoms with Gasteiger partial charge in [-0.3, -0.25) is 0 Å². The predicted octanol–water partition coefficient (Wildman–Crippen LogP) is -0.464. The van der Waals surface area contributed by atoms with Crippen molar-refractivity contribution in [1.29, 1.82) is 0 Å². The standard InChI is InChI=1S/C6H13.Cd.ClH/c1-3-5-6-4-2;;/h1,3-6H2,2H3;;1H/q;+1;/p-1. The molecule has 0 fully saturated rings. The third-order valence-corrected chi connectivity index (χ3v) is 2.53. The molecule has 0 aliphatic rings. The SMILES string of the molecule is CCCCC[CH2][Cd+].[Cl-]. The largest absolute Gasteiger partial charge is 1.00 e. The molecule has 0 aromatic heterocycles. The molecule has 0 nitrogen and oxygen atoms in total. The molecule has 0 N–H and O–H groups in total. The van der Waals surface area contributed by atoms with Gasteiger partial charge in [-0.2, -0.15) is 0 Å². The van der Waals surface area contributed by atoms with Crippen LogP contribution in [-0.2, 0) is 25.8 Å². The Labute approximate surface area is 74.5 Å². The first-order valence-corrected chi connectivity index (χ1v) is 6.06. The maximum absolute atomic E-state index is 2.26. The zero-order valence-electron chi connectivity index (χ0n) is 5.62. The monoisotopic (exact) mass is 234 g/mol. The Kier molecular flexibility index (Phi) is 16.5. The molecule has 0 rings (SSSR count). The van der Waals surface area contributed by atoms with Crippen LogP contribution < -0.4 is 12.4 Å². The summed E-state index contributed by atoms with van der Waals surface area (Å²) >= 11 is 1.22. The summed E-state index contributed by atoms with van der Waals surface area (Å²) in [6.45, 7) is 2.26. The molecule has 0 aliphatic carbocycles. The summed E-state index contributed by atoms with van der Waals surface area (Å²) in [6.07, 6.45) is 5.81. The second-order valence-corrected chi connectivity index (χ2v) is 3.93. The van der Waals surface area contributed by atoms with Gasteiger partial charge in [-0.15, -0.1) is 0 Å². The van der Waals surface area contributed by atoms with E-state index < -0.39 is 0 Å². The van der Waals surface area contributed by atoms with E-state index in [9.17, 15) is 0 Å². The minimum Gasteiger partial charge on any atom is -1.00 e. The molecule has 0 saturated heterocycles. The predicted molar refractivity (Wildman–Crippen MR) is 28.9 cm³/mol. The Morgan fingerprint density at radius 3 is 2.12 bits per heavy atom. The van der Waals surface area contributed by atoms with Gasteiger partial charge in [-0.25, -0.2) is 0 Å². The Bertz CT molecular complexity index is 27.7. The maximum atomic E-state index is 2.26. The molecular formula is C6H13CdCl. The Balaban J connectivity index is 0. The molecule has 0 heterocycles. The average Bonchev–Trinajstić information content (AvgIpc) is 1.69. The van der Waals surface area contributed by atoms with Crippen molar-refractivity contribution >= 4 is 0 Å². The van der Waals surface area contributed by atoms with E-state index in [1.807, 2.05) is 0 Å². The van der Waals surface area contributed by atoms with Gasteiger partial charge in [0.2, 0.25) is 0 Å². The second kappa shape index (κ2) is 11.1. The van der Waals surface area contributed by atoms with Crippen LogP contribution in [0.15, 0.2) is 0 Å². The van der Waals surface area contributed by atoms with Crippen LogP contribution in [0.4, 0.5) is 0 Å². The minimum absolute atomic E-state index is 0. The summed E-state index contributed by atoms with van der Waals surface area (Å²) in [5, 5.41) is 0. The van der Waals surface area contributed by atoms with Crippen molar-refractivity contribution in [3.8, 4) is 0 Å². The average molecular weight is 233 g/mol. The van der Waals surface area contributed by atoms with Gasteiger partial charge in [0.25, 0.3) is 0 Å². The molecule has 0 unspecified atom stereocenters. The normalized spacial score (nSPS) is 8.38. The summed E-state index contributed by atoms with van der Waals surface area (Å²) in [7, 11) is 0. The molecule has 0 atom stereocenters. The van der Waals surface area contributed by atoms with Crippen molar-refractivity contribution in [2.45, 2.75) is 36.6 Å². The van der Waals surface area contributed by atoms with Crippen molar-refractivity contribution in [2.24, 2.45) is 0 Å². The maximum Gasteiger partial charge on any atom is -1.00 e. The van der Waals surface area contributed by atoms with Crippen molar-refractivity contribution in [2.75, 3.05) is 0 Å². The van der Waals surface area contributed by atoms with E-state index in [4.69, 9.17) is 0 Å². The number of unbranched alkanes of at least 4 members (excludes halogenated alkanes) is 3.